The predicted octanol–water partition coefficient (Wildman–Crippen LogP) is 1.31. The van der Waals surface area contributed by atoms with Crippen molar-refractivity contribution in [1.82, 2.24) is 35.0 Å². The van der Waals surface area contributed by atoms with Crippen molar-refractivity contribution in [1.29, 1.82) is 0 Å². The molecule has 3 aromatic rings. The number of H-pyrrole nitrogens is 1. The highest BCUT2D eigenvalue weighted by atomic mass is 15.3. The van der Waals surface area contributed by atoms with Crippen LogP contribution in [-0.4, -0.2) is 43.3 Å². The van der Waals surface area contributed by atoms with E-state index in [2.05, 4.69) is 37.3 Å². The van der Waals surface area contributed by atoms with Crippen LogP contribution in [0.4, 0.5) is 0 Å². The molecule has 0 saturated carbocycles. The first-order valence-corrected chi connectivity index (χ1v) is 7.06. The number of fused-ring (bicyclic) bond motifs is 1. The maximum Gasteiger partial charge on any atom is 0.182 e. The Balaban J connectivity index is 2.03. The van der Waals surface area contributed by atoms with Crippen LogP contribution in [0.25, 0.3) is 17.0 Å². The first-order chi connectivity index (χ1) is 10.2. The van der Waals surface area contributed by atoms with Crippen molar-refractivity contribution in [2.75, 3.05) is 13.6 Å². The van der Waals surface area contributed by atoms with E-state index in [1.807, 2.05) is 18.7 Å². The smallest absolute Gasteiger partial charge is 0.182 e. The topological polar surface area (TPSA) is 84.3 Å². The Labute approximate surface area is 122 Å². The SMILES string of the molecule is CNCCCc1c(C)nn(-c2ncnc3nc[nH]c23)c1C. The summed E-state index contributed by atoms with van der Waals surface area (Å²) in [6.45, 7) is 5.13. The highest BCUT2D eigenvalue weighted by molar-refractivity contribution is 5.77. The fraction of sp³-hybridized carbons (Fsp3) is 0.429. The van der Waals surface area contributed by atoms with Crippen molar-refractivity contribution < 1.29 is 0 Å². The normalized spacial score (nSPS) is 11.4. The molecule has 0 aliphatic rings. The third kappa shape index (κ3) is 2.40. The second kappa shape index (κ2) is 5.61. The molecular formula is C14H19N7. The minimum absolute atomic E-state index is 0.657. The Hall–Kier alpha value is -2.28. The van der Waals surface area contributed by atoms with Crippen LogP contribution in [0.15, 0.2) is 12.7 Å². The molecule has 3 heterocycles. The van der Waals surface area contributed by atoms with Gasteiger partial charge in [0.2, 0.25) is 0 Å². The van der Waals surface area contributed by atoms with E-state index >= 15 is 0 Å². The summed E-state index contributed by atoms with van der Waals surface area (Å²) in [5.41, 5.74) is 4.93. The molecule has 3 aromatic heterocycles. The van der Waals surface area contributed by atoms with E-state index in [4.69, 9.17) is 0 Å². The van der Waals surface area contributed by atoms with Crippen molar-refractivity contribution in [2.24, 2.45) is 0 Å². The number of imidazole rings is 1. The summed E-state index contributed by atoms with van der Waals surface area (Å²) >= 11 is 0. The van der Waals surface area contributed by atoms with Crippen LogP contribution < -0.4 is 5.32 Å². The van der Waals surface area contributed by atoms with Crippen molar-refractivity contribution in [3.05, 3.63) is 29.6 Å². The Kier molecular flexibility index (Phi) is 3.66. The van der Waals surface area contributed by atoms with Gasteiger partial charge in [-0.25, -0.2) is 19.6 Å². The molecule has 0 bridgehead atoms. The summed E-state index contributed by atoms with van der Waals surface area (Å²) < 4.78 is 1.88. The molecule has 0 unspecified atom stereocenters. The first kappa shape index (κ1) is 13.7. The summed E-state index contributed by atoms with van der Waals surface area (Å²) in [6, 6.07) is 0. The molecule has 110 valence electrons. The van der Waals surface area contributed by atoms with Crippen LogP contribution in [0.3, 0.4) is 0 Å². The molecule has 0 spiro atoms. The van der Waals surface area contributed by atoms with Crippen LogP contribution in [0, 0.1) is 13.8 Å². The lowest BCUT2D eigenvalue weighted by atomic mass is 10.1. The minimum Gasteiger partial charge on any atom is -0.340 e. The van der Waals surface area contributed by atoms with Gasteiger partial charge in [-0.2, -0.15) is 5.10 Å². The maximum atomic E-state index is 4.65. The Morgan fingerprint density at radius 3 is 2.90 bits per heavy atom. The molecule has 0 radical (unpaired) electrons. The Bertz CT molecular complexity index is 756. The van der Waals surface area contributed by atoms with Crippen molar-refractivity contribution in [2.45, 2.75) is 26.7 Å². The van der Waals surface area contributed by atoms with E-state index < -0.39 is 0 Å². The maximum absolute atomic E-state index is 4.65. The largest absolute Gasteiger partial charge is 0.340 e. The lowest BCUT2D eigenvalue weighted by Crippen LogP contribution is -2.09. The fourth-order valence-corrected chi connectivity index (χ4v) is 2.60. The summed E-state index contributed by atoms with van der Waals surface area (Å²) in [6.07, 6.45) is 5.25. The van der Waals surface area contributed by atoms with Crippen LogP contribution in [0.1, 0.15) is 23.4 Å². The molecule has 0 atom stereocenters. The van der Waals surface area contributed by atoms with Gasteiger partial charge in [-0.3, -0.25) is 0 Å². The molecule has 2 N–H and O–H groups in total. The summed E-state index contributed by atoms with van der Waals surface area (Å²) in [7, 11) is 1.97. The second-order valence-corrected chi connectivity index (χ2v) is 5.07. The summed E-state index contributed by atoms with van der Waals surface area (Å²) in [5, 5.41) is 7.82. The molecule has 21 heavy (non-hydrogen) atoms. The Morgan fingerprint density at radius 2 is 2.10 bits per heavy atom. The van der Waals surface area contributed by atoms with Gasteiger partial charge in [0.25, 0.3) is 0 Å². The molecule has 0 aliphatic heterocycles. The van der Waals surface area contributed by atoms with Gasteiger partial charge < -0.3 is 10.3 Å². The lowest BCUT2D eigenvalue weighted by Gasteiger charge is -2.05. The second-order valence-electron chi connectivity index (χ2n) is 5.07. The van der Waals surface area contributed by atoms with Crippen LogP contribution in [0.5, 0.6) is 0 Å². The molecular weight excluding hydrogens is 266 g/mol. The summed E-state index contributed by atoms with van der Waals surface area (Å²) in [4.78, 5) is 15.8. The van der Waals surface area contributed by atoms with Gasteiger partial charge in [0.15, 0.2) is 11.5 Å². The van der Waals surface area contributed by atoms with E-state index in [0.717, 1.165) is 42.1 Å². The van der Waals surface area contributed by atoms with Gasteiger partial charge in [0.05, 0.1) is 12.0 Å². The van der Waals surface area contributed by atoms with Gasteiger partial charge in [0.1, 0.15) is 11.8 Å². The number of hydrogen-bond acceptors (Lipinski definition) is 5. The van der Waals surface area contributed by atoms with E-state index in [1.54, 1.807) is 6.33 Å². The number of aryl methyl sites for hydroxylation is 1. The molecule has 0 aromatic carbocycles. The van der Waals surface area contributed by atoms with Gasteiger partial charge in [0, 0.05) is 5.69 Å². The van der Waals surface area contributed by atoms with E-state index in [9.17, 15) is 0 Å². The van der Waals surface area contributed by atoms with Crippen LogP contribution in [0.2, 0.25) is 0 Å². The molecule has 7 heteroatoms. The molecule has 0 fully saturated rings. The monoisotopic (exact) mass is 285 g/mol. The molecule has 7 nitrogen and oxygen atoms in total. The Morgan fingerprint density at radius 1 is 1.24 bits per heavy atom. The predicted molar refractivity (Wildman–Crippen MR) is 80.5 cm³/mol. The van der Waals surface area contributed by atoms with Crippen molar-refractivity contribution >= 4 is 11.2 Å². The highest BCUT2D eigenvalue weighted by Gasteiger charge is 2.16. The minimum atomic E-state index is 0.657. The molecule has 0 amide bonds. The number of aromatic amines is 1. The zero-order valence-corrected chi connectivity index (χ0v) is 12.5. The van der Waals surface area contributed by atoms with E-state index in [-0.39, 0.29) is 0 Å². The lowest BCUT2D eigenvalue weighted by molar-refractivity contribution is 0.720. The average Bonchev–Trinajstić information content (AvgIpc) is 3.06. The quantitative estimate of drug-likeness (QED) is 0.690. The zero-order chi connectivity index (χ0) is 14.8. The molecule has 3 rings (SSSR count). The summed E-state index contributed by atoms with van der Waals surface area (Å²) in [5.74, 6) is 0.748. The van der Waals surface area contributed by atoms with Gasteiger partial charge in [-0.05, 0) is 45.8 Å². The third-order valence-corrected chi connectivity index (χ3v) is 3.70. The first-order valence-electron chi connectivity index (χ1n) is 7.06. The van der Waals surface area contributed by atoms with Crippen LogP contribution in [-0.2, 0) is 6.42 Å². The number of nitrogens with zero attached hydrogens (tertiary/aromatic N) is 5. The van der Waals surface area contributed by atoms with Crippen molar-refractivity contribution in [3.8, 4) is 5.82 Å². The van der Waals surface area contributed by atoms with E-state index in [0.29, 0.717) is 5.65 Å². The van der Waals surface area contributed by atoms with E-state index in [1.165, 1.54) is 11.9 Å². The standard InChI is InChI=1S/C14H19N7/c1-9-11(5-4-6-15-3)10(2)21(20-9)14-12-13(17-7-16-12)18-8-19-14/h7-8,15H,4-6H2,1-3H3,(H,16,17,18,19). The number of rotatable bonds is 5. The number of nitrogens with one attached hydrogen (secondary N) is 2. The van der Waals surface area contributed by atoms with Gasteiger partial charge >= 0.3 is 0 Å². The molecule has 0 saturated heterocycles. The average molecular weight is 285 g/mol. The van der Waals surface area contributed by atoms with Crippen molar-refractivity contribution in [3.63, 3.8) is 0 Å². The van der Waals surface area contributed by atoms with Crippen LogP contribution >= 0.6 is 0 Å². The fourth-order valence-electron chi connectivity index (χ4n) is 2.60. The number of aromatic nitrogens is 6. The van der Waals surface area contributed by atoms with Gasteiger partial charge in [-0.1, -0.05) is 0 Å². The molecule has 0 aliphatic carbocycles. The third-order valence-electron chi connectivity index (χ3n) is 3.70. The zero-order valence-electron chi connectivity index (χ0n) is 12.5. The highest BCUT2D eigenvalue weighted by Crippen LogP contribution is 2.21. The van der Waals surface area contributed by atoms with Gasteiger partial charge in [-0.15, -0.1) is 0 Å². The number of hydrogen-bond donors (Lipinski definition) is 2.